The van der Waals surface area contributed by atoms with E-state index in [0.717, 1.165) is 6.26 Å². The number of sulfonamides is 1. The van der Waals surface area contributed by atoms with Gasteiger partial charge in [-0.1, -0.05) is 0 Å². The number of carbonyl (C=O) groups is 1. The summed E-state index contributed by atoms with van der Waals surface area (Å²) in [6.45, 7) is 2.59. The van der Waals surface area contributed by atoms with Crippen molar-refractivity contribution in [3.63, 3.8) is 0 Å². The first-order valence-electron chi connectivity index (χ1n) is 7.97. The van der Waals surface area contributed by atoms with E-state index in [4.69, 9.17) is 14.2 Å². The van der Waals surface area contributed by atoms with E-state index in [1.165, 1.54) is 4.31 Å². The number of fused-ring (bicyclic) bond motifs is 1. The molecular weight excluding hydrogens is 348 g/mol. The van der Waals surface area contributed by atoms with E-state index in [1.54, 1.807) is 25.3 Å². The Kier molecular flexibility index (Phi) is 6.49. The van der Waals surface area contributed by atoms with Gasteiger partial charge in [0.1, 0.15) is 0 Å². The minimum atomic E-state index is -3.48. The second kappa shape index (κ2) is 8.39. The van der Waals surface area contributed by atoms with Crippen molar-refractivity contribution in [2.75, 3.05) is 37.6 Å². The van der Waals surface area contributed by atoms with Crippen molar-refractivity contribution in [3.8, 4) is 11.5 Å². The van der Waals surface area contributed by atoms with Gasteiger partial charge in [0.25, 0.3) is 0 Å². The fourth-order valence-electron chi connectivity index (χ4n) is 2.55. The average molecular weight is 372 g/mol. The van der Waals surface area contributed by atoms with Crippen molar-refractivity contribution in [2.45, 2.75) is 25.8 Å². The van der Waals surface area contributed by atoms with Crippen LogP contribution in [0.15, 0.2) is 18.2 Å². The van der Waals surface area contributed by atoms with Gasteiger partial charge >= 0.3 is 0 Å². The lowest BCUT2D eigenvalue weighted by atomic mass is 10.2. The summed E-state index contributed by atoms with van der Waals surface area (Å²) in [5.74, 6) is 0.963. The summed E-state index contributed by atoms with van der Waals surface area (Å²) >= 11 is 0. The average Bonchev–Trinajstić information content (AvgIpc) is 2.98. The molecule has 2 rings (SSSR count). The third-order valence-corrected chi connectivity index (χ3v) is 4.83. The Morgan fingerprint density at radius 1 is 1.36 bits per heavy atom. The molecule has 140 valence electrons. The highest BCUT2D eigenvalue weighted by Crippen LogP contribution is 2.36. The fraction of sp³-hybridized carbons (Fsp3) is 0.562. The van der Waals surface area contributed by atoms with Crippen molar-refractivity contribution >= 4 is 21.6 Å². The molecule has 0 fully saturated rings. The lowest BCUT2D eigenvalue weighted by Crippen LogP contribution is -2.36. The third-order valence-electron chi connectivity index (χ3n) is 3.63. The van der Waals surface area contributed by atoms with Crippen LogP contribution in [-0.4, -0.2) is 53.7 Å². The van der Waals surface area contributed by atoms with E-state index in [-0.39, 0.29) is 31.7 Å². The Morgan fingerprint density at radius 3 is 2.76 bits per heavy atom. The zero-order chi connectivity index (χ0) is 18.4. The maximum Gasteiger partial charge on any atom is 0.232 e. The van der Waals surface area contributed by atoms with Crippen LogP contribution in [0.4, 0.5) is 5.69 Å². The standard InChI is InChI=1S/C16H24N2O6S/c1-12(10-22-2)17-16(19)5-4-8-18(25(3,20)21)13-6-7-14-15(9-13)24-11-23-14/h6-7,9,12H,4-5,8,10-11H2,1-3H3,(H,17,19)/t12-/m1/s1. The first kappa shape index (κ1) is 19.3. The smallest absolute Gasteiger partial charge is 0.232 e. The molecule has 1 aromatic rings. The maximum absolute atomic E-state index is 12.1. The highest BCUT2D eigenvalue weighted by molar-refractivity contribution is 7.92. The Bertz CT molecular complexity index is 707. The van der Waals surface area contributed by atoms with Crippen LogP contribution < -0.4 is 19.1 Å². The van der Waals surface area contributed by atoms with Gasteiger partial charge in [-0.15, -0.1) is 0 Å². The molecule has 0 aliphatic carbocycles. The molecule has 9 heteroatoms. The lowest BCUT2D eigenvalue weighted by Gasteiger charge is -2.22. The highest BCUT2D eigenvalue weighted by Gasteiger charge is 2.21. The summed E-state index contributed by atoms with van der Waals surface area (Å²) in [5, 5.41) is 2.80. The van der Waals surface area contributed by atoms with Crippen molar-refractivity contribution in [3.05, 3.63) is 18.2 Å². The highest BCUT2D eigenvalue weighted by atomic mass is 32.2. The van der Waals surface area contributed by atoms with Gasteiger partial charge < -0.3 is 19.5 Å². The molecule has 1 aromatic carbocycles. The molecule has 8 nitrogen and oxygen atoms in total. The molecule has 0 saturated heterocycles. The number of hydrogen-bond acceptors (Lipinski definition) is 6. The van der Waals surface area contributed by atoms with Gasteiger partial charge in [-0.25, -0.2) is 8.42 Å². The maximum atomic E-state index is 12.1. The van der Waals surface area contributed by atoms with Crippen LogP contribution in [0.5, 0.6) is 11.5 Å². The van der Waals surface area contributed by atoms with E-state index in [0.29, 0.717) is 30.2 Å². The molecule has 0 bridgehead atoms. The Labute approximate surface area is 148 Å². The Morgan fingerprint density at radius 2 is 2.08 bits per heavy atom. The van der Waals surface area contributed by atoms with Gasteiger partial charge in [-0.2, -0.15) is 0 Å². The van der Waals surface area contributed by atoms with Gasteiger partial charge in [0, 0.05) is 32.2 Å². The molecule has 1 heterocycles. The summed E-state index contributed by atoms with van der Waals surface area (Å²) in [7, 11) is -1.91. The Balaban J connectivity index is 1.97. The second-order valence-electron chi connectivity index (χ2n) is 5.90. The van der Waals surface area contributed by atoms with Gasteiger partial charge in [0.05, 0.1) is 18.6 Å². The largest absolute Gasteiger partial charge is 0.454 e. The number of nitrogens with one attached hydrogen (secondary N) is 1. The molecule has 1 aliphatic heterocycles. The number of methoxy groups -OCH3 is 1. The van der Waals surface area contributed by atoms with Gasteiger partial charge in [0.2, 0.25) is 22.7 Å². The number of carbonyl (C=O) groups excluding carboxylic acids is 1. The number of nitrogens with zero attached hydrogens (tertiary/aromatic N) is 1. The van der Waals surface area contributed by atoms with Gasteiger partial charge in [0.15, 0.2) is 11.5 Å². The first-order chi connectivity index (χ1) is 11.8. The van der Waals surface area contributed by atoms with Crippen LogP contribution >= 0.6 is 0 Å². The lowest BCUT2D eigenvalue weighted by molar-refractivity contribution is -0.122. The number of benzene rings is 1. The monoisotopic (exact) mass is 372 g/mol. The summed E-state index contributed by atoms with van der Waals surface area (Å²) < 4.78 is 41.0. The first-order valence-corrected chi connectivity index (χ1v) is 9.81. The van der Waals surface area contributed by atoms with E-state index in [1.807, 2.05) is 6.92 Å². The quantitative estimate of drug-likeness (QED) is 0.698. The summed E-state index contributed by atoms with van der Waals surface area (Å²) in [6, 6.07) is 4.88. The van der Waals surface area contributed by atoms with E-state index >= 15 is 0 Å². The van der Waals surface area contributed by atoms with Crippen LogP contribution in [0.1, 0.15) is 19.8 Å². The summed E-state index contributed by atoms with van der Waals surface area (Å²) in [4.78, 5) is 11.9. The molecule has 1 amide bonds. The van der Waals surface area contributed by atoms with Crippen LogP contribution in [0.2, 0.25) is 0 Å². The molecule has 1 aliphatic rings. The number of anilines is 1. The van der Waals surface area contributed by atoms with Crippen molar-refractivity contribution < 1.29 is 27.4 Å². The minimum absolute atomic E-state index is 0.0858. The fourth-order valence-corrected chi connectivity index (χ4v) is 3.51. The van der Waals surface area contributed by atoms with Crippen molar-refractivity contribution in [2.24, 2.45) is 0 Å². The van der Waals surface area contributed by atoms with Crippen LogP contribution in [0.25, 0.3) is 0 Å². The van der Waals surface area contributed by atoms with Crippen molar-refractivity contribution in [1.29, 1.82) is 0 Å². The molecular formula is C16H24N2O6S. The molecule has 1 atom stereocenters. The number of rotatable bonds is 9. The predicted octanol–water partition coefficient (Wildman–Crippen LogP) is 1.11. The van der Waals surface area contributed by atoms with E-state index < -0.39 is 10.0 Å². The van der Waals surface area contributed by atoms with E-state index in [2.05, 4.69) is 5.32 Å². The molecule has 1 N–H and O–H groups in total. The normalized spacial score (nSPS) is 14.2. The van der Waals surface area contributed by atoms with Crippen LogP contribution in [0, 0.1) is 0 Å². The molecule has 0 aromatic heterocycles. The molecule has 25 heavy (non-hydrogen) atoms. The molecule has 0 radical (unpaired) electrons. The van der Waals surface area contributed by atoms with Crippen LogP contribution in [-0.2, 0) is 19.6 Å². The van der Waals surface area contributed by atoms with Gasteiger partial charge in [-0.3, -0.25) is 9.10 Å². The third kappa shape index (κ3) is 5.50. The summed E-state index contributed by atoms with van der Waals surface area (Å²) in [6.07, 6.45) is 1.76. The zero-order valence-electron chi connectivity index (χ0n) is 14.6. The number of ether oxygens (including phenoxy) is 3. The van der Waals surface area contributed by atoms with Gasteiger partial charge in [-0.05, 0) is 25.5 Å². The zero-order valence-corrected chi connectivity index (χ0v) is 15.5. The van der Waals surface area contributed by atoms with Crippen LogP contribution in [0.3, 0.4) is 0 Å². The number of hydrogen-bond donors (Lipinski definition) is 1. The molecule has 0 unspecified atom stereocenters. The van der Waals surface area contributed by atoms with E-state index in [9.17, 15) is 13.2 Å². The SMILES string of the molecule is COC[C@@H](C)NC(=O)CCCN(c1ccc2c(c1)OCO2)S(C)(=O)=O. The second-order valence-corrected chi connectivity index (χ2v) is 7.81. The number of amides is 1. The predicted molar refractivity (Wildman–Crippen MR) is 93.5 cm³/mol. The molecule has 0 spiro atoms. The topological polar surface area (TPSA) is 94.2 Å². The molecule has 0 saturated carbocycles. The van der Waals surface area contributed by atoms with Crippen molar-refractivity contribution in [1.82, 2.24) is 5.32 Å². The Hall–Kier alpha value is -2.00. The summed E-state index contributed by atoms with van der Waals surface area (Å²) in [5.41, 5.74) is 0.486. The minimum Gasteiger partial charge on any atom is -0.454 e.